The monoisotopic (exact) mass is 563 g/mol. The molecular weight excluding hydrogens is 550 g/mol. The number of thioether (sulfide) groups is 1. The molecule has 3 aromatic carbocycles. The summed E-state index contributed by atoms with van der Waals surface area (Å²) in [4.78, 5) is 14.1. The van der Waals surface area contributed by atoms with Crippen molar-refractivity contribution in [1.29, 1.82) is 0 Å². The Bertz CT molecular complexity index is 1250. The van der Waals surface area contributed by atoms with Gasteiger partial charge in [0.15, 0.2) is 9.84 Å². The van der Waals surface area contributed by atoms with E-state index in [9.17, 15) is 13.2 Å². The molecule has 0 saturated heterocycles. The van der Waals surface area contributed by atoms with Gasteiger partial charge in [0, 0.05) is 13.8 Å². The molecule has 0 aliphatic carbocycles. The molecule has 0 atom stereocenters. The Labute approximate surface area is 196 Å². The van der Waals surface area contributed by atoms with Crippen LogP contribution in [0, 0.1) is 0 Å². The molecule has 8 heteroatoms. The number of halogens is 2. The highest BCUT2D eigenvalue weighted by Gasteiger charge is 2.25. The Kier molecular flexibility index (Phi) is 6.20. The minimum atomic E-state index is -3.61. The zero-order chi connectivity index (χ0) is 21.3. The largest absolute Gasteiger partial charge is 0.320 e. The van der Waals surface area contributed by atoms with Gasteiger partial charge in [-0.3, -0.25) is 4.79 Å². The minimum Gasteiger partial charge on any atom is -0.320 e. The molecule has 1 heterocycles. The highest BCUT2D eigenvalue weighted by atomic mass is 79.9. The average molecular weight is 565 g/mol. The van der Waals surface area contributed by atoms with E-state index in [1.54, 1.807) is 24.3 Å². The van der Waals surface area contributed by atoms with Gasteiger partial charge in [-0.05, 0) is 47.5 Å². The third-order valence-corrected chi connectivity index (χ3v) is 8.72. The second kappa shape index (κ2) is 8.70. The normalized spacial score (nSPS) is 15.0. The van der Waals surface area contributed by atoms with E-state index < -0.39 is 9.84 Å². The molecule has 1 aliphatic heterocycles. The van der Waals surface area contributed by atoms with Crippen molar-refractivity contribution in [1.82, 2.24) is 0 Å². The number of hydrogen-bond donors (Lipinski definition) is 1. The average Bonchev–Trinajstić information content (AvgIpc) is 2.72. The smallest absolute Gasteiger partial charge is 0.262 e. The van der Waals surface area contributed by atoms with E-state index in [-0.39, 0.29) is 16.6 Å². The third kappa shape index (κ3) is 4.56. The van der Waals surface area contributed by atoms with Gasteiger partial charge < -0.3 is 5.32 Å². The summed E-state index contributed by atoms with van der Waals surface area (Å²) < 4.78 is 27.5. The summed E-state index contributed by atoms with van der Waals surface area (Å²) in [6.07, 6.45) is 1.82. The molecule has 1 aliphatic rings. The van der Waals surface area contributed by atoms with Crippen LogP contribution in [0.25, 0.3) is 6.08 Å². The van der Waals surface area contributed by atoms with Gasteiger partial charge in [0.1, 0.15) is 0 Å². The first-order valence-corrected chi connectivity index (χ1v) is 12.9. The number of carbonyl (C=O) groups excluding carboxylic acids is 1. The zero-order valence-corrected chi connectivity index (χ0v) is 20.2. The predicted molar refractivity (Wildman–Crippen MR) is 128 cm³/mol. The molecule has 0 fully saturated rings. The van der Waals surface area contributed by atoms with Crippen LogP contribution < -0.4 is 5.32 Å². The van der Waals surface area contributed by atoms with Crippen molar-refractivity contribution in [3.05, 3.63) is 91.7 Å². The number of nitrogens with one attached hydrogen (secondary N) is 1. The first kappa shape index (κ1) is 21.4. The molecular formula is C22H15Br2NO3S2. The summed E-state index contributed by atoms with van der Waals surface area (Å²) in [7, 11) is -3.61. The zero-order valence-electron chi connectivity index (χ0n) is 15.4. The molecule has 1 N–H and O–H groups in total. The van der Waals surface area contributed by atoms with E-state index >= 15 is 0 Å². The maximum Gasteiger partial charge on any atom is 0.262 e. The lowest BCUT2D eigenvalue weighted by molar-refractivity contribution is -0.112. The van der Waals surface area contributed by atoms with Crippen LogP contribution in [0.15, 0.2) is 90.4 Å². The molecule has 4 nitrogen and oxygen atoms in total. The lowest BCUT2D eigenvalue weighted by Crippen LogP contribution is -2.18. The van der Waals surface area contributed by atoms with Crippen molar-refractivity contribution >= 4 is 71.1 Å². The second-order valence-corrected chi connectivity index (χ2v) is 11.4. The number of anilines is 1. The topological polar surface area (TPSA) is 63.2 Å². The molecule has 0 unspecified atom stereocenters. The number of rotatable bonds is 4. The van der Waals surface area contributed by atoms with Crippen molar-refractivity contribution in [3.63, 3.8) is 0 Å². The molecule has 0 aromatic heterocycles. The molecule has 0 radical (unpaired) electrons. The Morgan fingerprint density at radius 2 is 1.63 bits per heavy atom. The van der Waals surface area contributed by atoms with Crippen molar-refractivity contribution < 1.29 is 13.2 Å². The van der Waals surface area contributed by atoms with Crippen molar-refractivity contribution in [2.45, 2.75) is 15.5 Å². The van der Waals surface area contributed by atoms with Crippen LogP contribution in [0.2, 0.25) is 0 Å². The summed E-state index contributed by atoms with van der Waals surface area (Å²) in [5.74, 6) is -0.409. The quantitative estimate of drug-likeness (QED) is 0.379. The fourth-order valence-corrected chi connectivity index (χ4v) is 6.99. The second-order valence-electron chi connectivity index (χ2n) is 6.59. The van der Waals surface area contributed by atoms with E-state index in [0.717, 1.165) is 19.4 Å². The van der Waals surface area contributed by atoms with Crippen molar-refractivity contribution in [2.75, 3.05) is 5.32 Å². The molecule has 30 heavy (non-hydrogen) atoms. The number of carbonyl (C=O) groups is 1. The minimum absolute atomic E-state index is 0.159. The first-order valence-electron chi connectivity index (χ1n) is 8.89. The van der Waals surface area contributed by atoms with Gasteiger partial charge in [-0.15, -0.1) is 0 Å². The molecule has 3 aromatic rings. The van der Waals surface area contributed by atoms with E-state index in [1.807, 2.05) is 42.5 Å². The molecule has 0 bridgehead atoms. The van der Waals surface area contributed by atoms with Gasteiger partial charge >= 0.3 is 0 Å². The highest BCUT2D eigenvalue weighted by molar-refractivity contribution is 9.11. The first-order chi connectivity index (χ1) is 14.3. The fraction of sp³-hybridized carbons (Fsp3) is 0.0455. The summed E-state index contributed by atoms with van der Waals surface area (Å²) in [5, 5.41) is 2.82. The number of amides is 1. The number of hydrogen-bond acceptors (Lipinski definition) is 4. The van der Waals surface area contributed by atoms with E-state index in [0.29, 0.717) is 16.2 Å². The van der Waals surface area contributed by atoms with Gasteiger partial charge in [0.2, 0.25) is 0 Å². The number of benzene rings is 3. The van der Waals surface area contributed by atoms with Gasteiger partial charge in [-0.25, -0.2) is 8.42 Å². The lowest BCUT2D eigenvalue weighted by atomic mass is 10.2. The molecule has 4 rings (SSSR count). The SMILES string of the molecule is O=C1Nc2cc(S(=O)(=O)Cc3c(Br)cccc3Br)ccc2S/C1=C\c1ccccc1. The van der Waals surface area contributed by atoms with Crippen LogP contribution in [0.1, 0.15) is 11.1 Å². The maximum atomic E-state index is 13.0. The molecule has 0 spiro atoms. The van der Waals surface area contributed by atoms with E-state index in [1.165, 1.54) is 17.8 Å². The summed E-state index contributed by atoms with van der Waals surface area (Å²) in [6.45, 7) is 0. The fourth-order valence-electron chi connectivity index (χ4n) is 2.98. The Hall–Kier alpha value is -1.87. The molecule has 152 valence electrons. The van der Waals surface area contributed by atoms with Gasteiger partial charge in [-0.1, -0.05) is 80.0 Å². The van der Waals surface area contributed by atoms with Crippen LogP contribution in [-0.2, 0) is 20.4 Å². The molecule has 1 amide bonds. The van der Waals surface area contributed by atoms with E-state index in [4.69, 9.17) is 0 Å². The van der Waals surface area contributed by atoms with Crippen molar-refractivity contribution in [3.8, 4) is 0 Å². The predicted octanol–water partition coefficient (Wildman–Crippen LogP) is 6.27. The van der Waals surface area contributed by atoms with Crippen LogP contribution >= 0.6 is 43.6 Å². The third-order valence-electron chi connectivity index (χ3n) is 4.50. The standard InChI is InChI=1S/C22H15Br2NO3S2/c23-17-7-4-8-18(24)16(17)13-30(27,28)15-9-10-20-19(12-15)25-22(26)21(29-20)11-14-5-2-1-3-6-14/h1-12H,13H2,(H,25,26)/b21-11-. The van der Waals surface area contributed by atoms with Gasteiger partial charge in [0.25, 0.3) is 5.91 Å². The Morgan fingerprint density at radius 3 is 2.33 bits per heavy atom. The lowest BCUT2D eigenvalue weighted by Gasteiger charge is -2.19. The van der Waals surface area contributed by atoms with Crippen LogP contribution in [-0.4, -0.2) is 14.3 Å². The Morgan fingerprint density at radius 1 is 0.933 bits per heavy atom. The van der Waals surface area contributed by atoms with E-state index in [2.05, 4.69) is 37.2 Å². The highest BCUT2D eigenvalue weighted by Crippen LogP contribution is 2.40. The van der Waals surface area contributed by atoms with Crippen LogP contribution in [0.5, 0.6) is 0 Å². The van der Waals surface area contributed by atoms with Gasteiger partial charge in [0.05, 0.1) is 21.2 Å². The maximum absolute atomic E-state index is 13.0. The van der Waals surface area contributed by atoms with Crippen LogP contribution in [0.3, 0.4) is 0 Å². The van der Waals surface area contributed by atoms with Crippen molar-refractivity contribution in [2.24, 2.45) is 0 Å². The number of sulfone groups is 1. The Balaban J connectivity index is 1.63. The van der Waals surface area contributed by atoms with Crippen LogP contribution in [0.4, 0.5) is 5.69 Å². The summed E-state index contributed by atoms with van der Waals surface area (Å²) in [6, 6.07) is 19.9. The summed E-state index contributed by atoms with van der Waals surface area (Å²) in [5.41, 5.74) is 2.08. The number of fused-ring (bicyclic) bond motifs is 1. The summed E-state index contributed by atoms with van der Waals surface area (Å²) >= 11 is 8.15. The van der Waals surface area contributed by atoms with Gasteiger partial charge in [-0.2, -0.15) is 0 Å². The molecule has 0 saturated carbocycles.